The Morgan fingerprint density at radius 1 is 1.33 bits per heavy atom. The van der Waals surface area contributed by atoms with Gasteiger partial charge in [-0.1, -0.05) is 6.42 Å². The fourth-order valence-electron chi connectivity index (χ4n) is 6.09. The first-order valence-corrected chi connectivity index (χ1v) is 13.1. The topological polar surface area (TPSA) is 75.7 Å². The van der Waals surface area contributed by atoms with Crippen molar-refractivity contribution < 1.29 is 27.4 Å². The van der Waals surface area contributed by atoms with Crippen LogP contribution in [0, 0.1) is 5.41 Å². The number of nitrogens with zero attached hydrogens (tertiary/aromatic N) is 2. The standard InChI is InChI=1S/C26H39F3N4O3/c1-30-10-4-3-8-25(9-5-20(14-25)32-22-7-12-36-17-23(22)35-2)24(34)33-11-6-21-18(16-33)13-19(15-31-21)26(27,28)29/h13,15,20,22-23,30,32H,3-12,14,16-17H2,1-2H3. The number of carbonyl (C=O) groups is 1. The van der Waals surface area contributed by atoms with Gasteiger partial charge in [-0.3, -0.25) is 9.78 Å². The summed E-state index contributed by atoms with van der Waals surface area (Å²) in [4.78, 5) is 19.9. The molecule has 3 aliphatic rings. The molecule has 1 aromatic heterocycles. The predicted molar refractivity (Wildman–Crippen MR) is 129 cm³/mol. The van der Waals surface area contributed by atoms with Gasteiger partial charge in [0.1, 0.15) is 0 Å². The number of amides is 1. The molecule has 36 heavy (non-hydrogen) atoms. The Morgan fingerprint density at radius 3 is 2.92 bits per heavy atom. The fraction of sp³-hybridized carbons (Fsp3) is 0.769. The van der Waals surface area contributed by atoms with Crippen molar-refractivity contribution in [3.05, 3.63) is 29.1 Å². The third kappa shape index (κ3) is 6.20. The molecule has 4 rings (SSSR count). The maximum absolute atomic E-state index is 14.0. The Labute approximate surface area is 211 Å². The lowest BCUT2D eigenvalue weighted by Gasteiger charge is -2.38. The number of hydrogen-bond acceptors (Lipinski definition) is 6. The minimum absolute atomic E-state index is 0.00555. The molecule has 1 amide bonds. The van der Waals surface area contributed by atoms with Crippen molar-refractivity contribution in [1.82, 2.24) is 20.5 Å². The fourth-order valence-corrected chi connectivity index (χ4v) is 6.09. The van der Waals surface area contributed by atoms with Crippen molar-refractivity contribution in [2.45, 2.75) is 82.3 Å². The van der Waals surface area contributed by atoms with Gasteiger partial charge in [0.05, 0.1) is 23.7 Å². The summed E-state index contributed by atoms with van der Waals surface area (Å²) in [6.45, 7) is 2.83. The summed E-state index contributed by atoms with van der Waals surface area (Å²) < 4.78 is 51.0. The van der Waals surface area contributed by atoms with Gasteiger partial charge in [0.15, 0.2) is 0 Å². The number of ether oxygens (including phenoxy) is 2. The van der Waals surface area contributed by atoms with E-state index in [0.29, 0.717) is 37.4 Å². The van der Waals surface area contributed by atoms with Crippen LogP contribution in [0.25, 0.3) is 0 Å². The van der Waals surface area contributed by atoms with Crippen LogP contribution < -0.4 is 10.6 Å². The number of alkyl halides is 3. The maximum atomic E-state index is 14.0. The quantitative estimate of drug-likeness (QED) is 0.495. The Morgan fingerprint density at radius 2 is 2.17 bits per heavy atom. The van der Waals surface area contributed by atoms with E-state index in [-0.39, 0.29) is 30.6 Å². The van der Waals surface area contributed by atoms with Crippen LogP contribution in [-0.4, -0.2) is 74.4 Å². The van der Waals surface area contributed by atoms with Gasteiger partial charge < -0.3 is 25.0 Å². The van der Waals surface area contributed by atoms with E-state index in [2.05, 4.69) is 15.6 Å². The molecule has 202 valence electrons. The first-order valence-electron chi connectivity index (χ1n) is 13.1. The highest BCUT2D eigenvalue weighted by molar-refractivity contribution is 5.83. The van der Waals surface area contributed by atoms with Crippen LogP contribution in [0.3, 0.4) is 0 Å². The van der Waals surface area contributed by atoms with Crippen LogP contribution in [0.1, 0.15) is 61.8 Å². The highest BCUT2D eigenvalue weighted by Crippen LogP contribution is 2.45. The van der Waals surface area contributed by atoms with Gasteiger partial charge in [0.2, 0.25) is 5.91 Å². The second-order valence-electron chi connectivity index (χ2n) is 10.5. The van der Waals surface area contributed by atoms with Gasteiger partial charge in [0, 0.05) is 57.2 Å². The summed E-state index contributed by atoms with van der Waals surface area (Å²) in [5.41, 5.74) is -0.0866. The number of halogens is 3. The highest BCUT2D eigenvalue weighted by atomic mass is 19.4. The van der Waals surface area contributed by atoms with E-state index in [1.807, 2.05) is 7.05 Å². The number of methoxy groups -OCH3 is 1. The van der Waals surface area contributed by atoms with Gasteiger partial charge in [0.25, 0.3) is 0 Å². The van der Waals surface area contributed by atoms with E-state index >= 15 is 0 Å². The molecular weight excluding hydrogens is 473 g/mol. The van der Waals surface area contributed by atoms with Crippen LogP contribution in [-0.2, 0) is 33.4 Å². The molecule has 0 aromatic carbocycles. The molecule has 1 saturated carbocycles. The van der Waals surface area contributed by atoms with Crippen LogP contribution in [0.15, 0.2) is 12.3 Å². The van der Waals surface area contributed by atoms with E-state index in [0.717, 1.165) is 63.8 Å². The number of nitrogens with one attached hydrogen (secondary N) is 2. The number of carbonyl (C=O) groups excluding carboxylic acids is 1. The molecule has 7 nitrogen and oxygen atoms in total. The zero-order chi connectivity index (χ0) is 25.8. The van der Waals surface area contributed by atoms with Crippen molar-refractivity contribution in [3.8, 4) is 0 Å². The third-order valence-corrected chi connectivity index (χ3v) is 8.11. The molecule has 3 heterocycles. The molecule has 1 aliphatic carbocycles. The molecule has 2 fully saturated rings. The molecule has 2 N–H and O–H groups in total. The van der Waals surface area contributed by atoms with Crippen LogP contribution in [0.5, 0.6) is 0 Å². The zero-order valence-electron chi connectivity index (χ0n) is 21.3. The van der Waals surface area contributed by atoms with Gasteiger partial charge in [-0.2, -0.15) is 13.2 Å². The summed E-state index contributed by atoms with van der Waals surface area (Å²) in [7, 11) is 3.62. The molecule has 0 radical (unpaired) electrons. The first-order chi connectivity index (χ1) is 17.3. The SMILES string of the molecule is CNCCCCC1(C(=O)N2CCc3ncc(C(F)(F)F)cc3C2)CCC(NC2CCOCC2OC)C1. The second kappa shape index (κ2) is 11.8. The lowest BCUT2D eigenvalue weighted by molar-refractivity contribution is -0.143. The Bertz CT molecular complexity index is 900. The molecule has 10 heteroatoms. The Hall–Kier alpha value is -1.75. The number of aromatic nitrogens is 1. The van der Waals surface area contributed by atoms with E-state index in [1.165, 1.54) is 0 Å². The first kappa shape index (κ1) is 27.3. The monoisotopic (exact) mass is 512 g/mol. The van der Waals surface area contributed by atoms with Gasteiger partial charge in [-0.05, 0) is 63.7 Å². The molecule has 4 unspecified atom stereocenters. The zero-order valence-corrected chi connectivity index (χ0v) is 21.3. The third-order valence-electron chi connectivity index (χ3n) is 8.11. The average Bonchev–Trinajstić information content (AvgIpc) is 3.29. The molecule has 4 atom stereocenters. The van der Waals surface area contributed by atoms with Crippen molar-refractivity contribution in [3.63, 3.8) is 0 Å². The van der Waals surface area contributed by atoms with Crippen molar-refractivity contribution >= 4 is 5.91 Å². The summed E-state index contributed by atoms with van der Waals surface area (Å²) >= 11 is 0. The van der Waals surface area contributed by atoms with Crippen molar-refractivity contribution in [1.29, 1.82) is 0 Å². The highest BCUT2D eigenvalue weighted by Gasteiger charge is 2.48. The van der Waals surface area contributed by atoms with Crippen molar-refractivity contribution in [2.24, 2.45) is 5.41 Å². The predicted octanol–water partition coefficient (Wildman–Crippen LogP) is 3.31. The molecule has 0 spiro atoms. The average molecular weight is 513 g/mol. The largest absolute Gasteiger partial charge is 0.417 e. The number of rotatable bonds is 9. The maximum Gasteiger partial charge on any atom is 0.417 e. The van der Waals surface area contributed by atoms with E-state index in [9.17, 15) is 18.0 Å². The van der Waals surface area contributed by atoms with E-state index < -0.39 is 17.2 Å². The molecule has 2 aliphatic heterocycles. The number of pyridine rings is 1. The smallest absolute Gasteiger partial charge is 0.379 e. The second-order valence-corrected chi connectivity index (χ2v) is 10.5. The molecular formula is C26H39F3N4O3. The summed E-state index contributed by atoms with van der Waals surface area (Å²) in [6.07, 6.45) is 2.93. The van der Waals surface area contributed by atoms with Crippen LogP contribution >= 0.6 is 0 Å². The minimum atomic E-state index is -4.45. The normalized spacial score (nSPS) is 28.8. The lowest BCUT2D eigenvalue weighted by Crippen LogP contribution is -2.51. The van der Waals surface area contributed by atoms with E-state index in [1.54, 1.807) is 12.0 Å². The molecule has 1 saturated heterocycles. The summed E-state index contributed by atoms with van der Waals surface area (Å²) in [6, 6.07) is 1.56. The molecule has 0 bridgehead atoms. The van der Waals surface area contributed by atoms with Gasteiger partial charge in [-0.25, -0.2) is 0 Å². The summed E-state index contributed by atoms with van der Waals surface area (Å²) in [5, 5.41) is 6.92. The van der Waals surface area contributed by atoms with Crippen LogP contribution in [0.2, 0.25) is 0 Å². The van der Waals surface area contributed by atoms with Gasteiger partial charge in [-0.15, -0.1) is 0 Å². The number of hydrogen-bond donors (Lipinski definition) is 2. The number of fused-ring (bicyclic) bond motifs is 1. The number of unbranched alkanes of at least 4 members (excludes halogenated alkanes) is 1. The van der Waals surface area contributed by atoms with Gasteiger partial charge >= 0.3 is 6.18 Å². The van der Waals surface area contributed by atoms with E-state index in [4.69, 9.17) is 9.47 Å². The Balaban J connectivity index is 1.48. The van der Waals surface area contributed by atoms with Crippen molar-refractivity contribution in [2.75, 3.05) is 40.5 Å². The Kier molecular flexibility index (Phi) is 8.91. The molecule has 1 aromatic rings. The minimum Gasteiger partial charge on any atom is -0.379 e. The lowest BCUT2D eigenvalue weighted by atomic mass is 9.78. The summed E-state index contributed by atoms with van der Waals surface area (Å²) in [5.74, 6) is 0.0783. The van der Waals surface area contributed by atoms with Crippen LogP contribution in [0.4, 0.5) is 13.2 Å².